The van der Waals surface area contributed by atoms with E-state index in [2.05, 4.69) is 4.98 Å². The SMILES string of the molecule is COc1ccccc1N1C[C@@H](C)N(C(=O)c2cc3c(nc2OC)CCC3)CC1=O. The fourth-order valence-electron chi connectivity index (χ4n) is 4.13. The molecule has 0 spiro atoms. The van der Waals surface area contributed by atoms with E-state index in [1.807, 2.05) is 37.3 Å². The lowest BCUT2D eigenvalue weighted by Gasteiger charge is -2.39. The van der Waals surface area contributed by atoms with E-state index < -0.39 is 0 Å². The van der Waals surface area contributed by atoms with Crippen LogP contribution in [0.15, 0.2) is 30.3 Å². The molecular formula is C22H25N3O4. The van der Waals surface area contributed by atoms with E-state index in [-0.39, 0.29) is 24.4 Å². The van der Waals surface area contributed by atoms with E-state index in [4.69, 9.17) is 9.47 Å². The highest BCUT2D eigenvalue weighted by atomic mass is 16.5. The maximum absolute atomic E-state index is 13.3. The quantitative estimate of drug-likeness (QED) is 0.795. The lowest BCUT2D eigenvalue weighted by Crippen LogP contribution is -2.57. The minimum Gasteiger partial charge on any atom is -0.495 e. The Bertz CT molecular complexity index is 959. The molecule has 152 valence electrons. The van der Waals surface area contributed by atoms with E-state index >= 15 is 0 Å². The van der Waals surface area contributed by atoms with Crippen LogP contribution in [0.4, 0.5) is 5.69 Å². The van der Waals surface area contributed by atoms with Crippen LogP contribution in [-0.4, -0.2) is 55.0 Å². The second kappa shape index (κ2) is 7.73. The van der Waals surface area contributed by atoms with Crippen molar-refractivity contribution in [3.05, 3.63) is 47.2 Å². The highest BCUT2D eigenvalue weighted by Gasteiger charge is 2.36. The van der Waals surface area contributed by atoms with Gasteiger partial charge in [0.1, 0.15) is 17.9 Å². The van der Waals surface area contributed by atoms with Gasteiger partial charge < -0.3 is 19.3 Å². The van der Waals surface area contributed by atoms with Gasteiger partial charge in [0, 0.05) is 18.3 Å². The van der Waals surface area contributed by atoms with Gasteiger partial charge in [-0.05, 0) is 49.9 Å². The third-order valence-corrected chi connectivity index (χ3v) is 5.66. The fraction of sp³-hybridized carbons (Fsp3) is 0.409. The Labute approximate surface area is 170 Å². The number of aryl methyl sites for hydroxylation is 2. The number of anilines is 1. The summed E-state index contributed by atoms with van der Waals surface area (Å²) in [6.45, 7) is 2.34. The zero-order valence-corrected chi connectivity index (χ0v) is 17.0. The van der Waals surface area contributed by atoms with Crippen molar-refractivity contribution >= 4 is 17.5 Å². The van der Waals surface area contributed by atoms with Crippen molar-refractivity contribution in [1.29, 1.82) is 0 Å². The molecule has 2 aliphatic rings. The Balaban J connectivity index is 1.60. The molecule has 1 aliphatic carbocycles. The van der Waals surface area contributed by atoms with Crippen LogP contribution < -0.4 is 14.4 Å². The van der Waals surface area contributed by atoms with Gasteiger partial charge >= 0.3 is 0 Å². The lowest BCUT2D eigenvalue weighted by molar-refractivity contribution is -0.121. The molecule has 7 nitrogen and oxygen atoms in total. The summed E-state index contributed by atoms with van der Waals surface area (Å²) >= 11 is 0. The van der Waals surface area contributed by atoms with Crippen LogP contribution in [0.1, 0.15) is 35.0 Å². The van der Waals surface area contributed by atoms with Crippen molar-refractivity contribution in [2.45, 2.75) is 32.2 Å². The summed E-state index contributed by atoms with van der Waals surface area (Å²) in [6, 6.07) is 9.14. The van der Waals surface area contributed by atoms with Gasteiger partial charge in [-0.1, -0.05) is 12.1 Å². The Morgan fingerprint density at radius 3 is 2.72 bits per heavy atom. The second-order valence-electron chi connectivity index (χ2n) is 7.46. The van der Waals surface area contributed by atoms with Gasteiger partial charge in [0.25, 0.3) is 5.91 Å². The average Bonchev–Trinajstić information content (AvgIpc) is 3.21. The molecule has 29 heavy (non-hydrogen) atoms. The molecular weight excluding hydrogens is 370 g/mol. The van der Waals surface area contributed by atoms with Crippen LogP contribution in [0.25, 0.3) is 0 Å². The molecule has 1 saturated heterocycles. The normalized spacial score (nSPS) is 18.6. The first-order chi connectivity index (χ1) is 14.0. The maximum atomic E-state index is 13.3. The zero-order chi connectivity index (χ0) is 20.5. The van der Waals surface area contributed by atoms with E-state index in [0.29, 0.717) is 23.7 Å². The van der Waals surface area contributed by atoms with Crippen molar-refractivity contribution in [1.82, 2.24) is 9.88 Å². The van der Waals surface area contributed by atoms with Crippen molar-refractivity contribution in [2.24, 2.45) is 0 Å². The number of hydrogen-bond acceptors (Lipinski definition) is 5. The molecule has 1 aromatic carbocycles. The molecule has 0 radical (unpaired) electrons. The molecule has 2 heterocycles. The highest BCUT2D eigenvalue weighted by molar-refractivity contribution is 6.03. The summed E-state index contributed by atoms with van der Waals surface area (Å²) in [4.78, 5) is 34.1. The summed E-state index contributed by atoms with van der Waals surface area (Å²) in [6.07, 6.45) is 2.87. The first-order valence-corrected chi connectivity index (χ1v) is 9.84. The third kappa shape index (κ3) is 3.41. The number of carbonyl (C=O) groups excluding carboxylic acids is 2. The van der Waals surface area contributed by atoms with Gasteiger partial charge in [-0.3, -0.25) is 9.59 Å². The molecule has 2 amide bonds. The number of para-hydroxylation sites is 2. The average molecular weight is 395 g/mol. The number of piperazine rings is 1. The molecule has 0 saturated carbocycles. The van der Waals surface area contributed by atoms with Crippen LogP contribution in [0, 0.1) is 0 Å². The molecule has 0 unspecified atom stereocenters. The Morgan fingerprint density at radius 2 is 1.97 bits per heavy atom. The molecule has 1 aliphatic heterocycles. The largest absolute Gasteiger partial charge is 0.495 e. The summed E-state index contributed by atoms with van der Waals surface area (Å²) in [5.74, 6) is 0.610. The van der Waals surface area contributed by atoms with Crippen LogP contribution in [-0.2, 0) is 17.6 Å². The Morgan fingerprint density at radius 1 is 1.17 bits per heavy atom. The number of rotatable bonds is 4. The third-order valence-electron chi connectivity index (χ3n) is 5.66. The number of pyridine rings is 1. The molecule has 0 bridgehead atoms. The summed E-state index contributed by atoms with van der Waals surface area (Å²) in [7, 11) is 3.11. The molecule has 2 aromatic rings. The molecule has 1 aromatic heterocycles. The number of carbonyl (C=O) groups is 2. The molecule has 7 heteroatoms. The maximum Gasteiger partial charge on any atom is 0.260 e. The van der Waals surface area contributed by atoms with E-state index in [1.165, 1.54) is 7.11 Å². The monoisotopic (exact) mass is 395 g/mol. The fourth-order valence-corrected chi connectivity index (χ4v) is 4.13. The lowest BCUT2D eigenvalue weighted by atomic mass is 10.1. The highest BCUT2D eigenvalue weighted by Crippen LogP contribution is 2.32. The van der Waals surface area contributed by atoms with Crippen LogP contribution in [0.2, 0.25) is 0 Å². The van der Waals surface area contributed by atoms with Crippen molar-refractivity contribution in [3.63, 3.8) is 0 Å². The minimum atomic E-state index is -0.218. The van der Waals surface area contributed by atoms with Gasteiger partial charge in [0.15, 0.2) is 0 Å². The van der Waals surface area contributed by atoms with Gasteiger partial charge in [-0.15, -0.1) is 0 Å². The van der Waals surface area contributed by atoms with E-state index in [9.17, 15) is 9.59 Å². The number of ether oxygens (including phenoxy) is 2. The number of methoxy groups -OCH3 is 2. The zero-order valence-electron chi connectivity index (χ0n) is 17.0. The van der Waals surface area contributed by atoms with Crippen LogP contribution in [0.3, 0.4) is 0 Å². The van der Waals surface area contributed by atoms with Gasteiger partial charge in [0.2, 0.25) is 11.8 Å². The van der Waals surface area contributed by atoms with Gasteiger partial charge in [-0.2, -0.15) is 0 Å². The topological polar surface area (TPSA) is 72.0 Å². The summed E-state index contributed by atoms with van der Waals surface area (Å²) < 4.78 is 10.8. The Kier molecular flexibility index (Phi) is 5.13. The van der Waals surface area contributed by atoms with Gasteiger partial charge in [-0.25, -0.2) is 4.98 Å². The number of benzene rings is 1. The van der Waals surface area contributed by atoms with Crippen molar-refractivity contribution in [3.8, 4) is 11.6 Å². The predicted molar refractivity (Wildman–Crippen MR) is 109 cm³/mol. The molecule has 1 atom stereocenters. The standard InChI is InChI=1S/C22H25N3O4/c1-14-12-25(18-9-4-5-10-19(18)28-2)20(26)13-24(14)22(27)16-11-15-7-6-8-17(15)23-21(16)29-3/h4-5,9-11,14H,6-8,12-13H2,1-3H3/t14-/m1/s1. The predicted octanol–water partition coefficient (Wildman–Crippen LogP) is 2.47. The molecule has 1 fully saturated rings. The van der Waals surface area contributed by atoms with Gasteiger partial charge in [0.05, 0.1) is 19.9 Å². The van der Waals surface area contributed by atoms with E-state index in [1.54, 1.807) is 16.9 Å². The van der Waals surface area contributed by atoms with Crippen LogP contribution >= 0.6 is 0 Å². The van der Waals surface area contributed by atoms with Crippen molar-refractivity contribution < 1.29 is 19.1 Å². The number of aromatic nitrogens is 1. The first-order valence-electron chi connectivity index (χ1n) is 9.84. The summed E-state index contributed by atoms with van der Waals surface area (Å²) in [5.41, 5.74) is 3.25. The first kappa shape index (κ1) is 19.2. The summed E-state index contributed by atoms with van der Waals surface area (Å²) in [5, 5.41) is 0. The van der Waals surface area contributed by atoms with Crippen molar-refractivity contribution in [2.75, 3.05) is 32.2 Å². The second-order valence-corrected chi connectivity index (χ2v) is 7.46. The molecule has 4 rings (SSSR count). The number of nitrogens with zero attached hydrogens (tertiary/aromatic N) is 3. The van der Waals surface area contributed by atoms with Crippen LogP contribution in [0.5, 0.6) is 11.6 Å². The number of amides is 2. The smallest absolute Gasteiger partial charge is 0.260 e. The number of fused-ring (bicyclic) bond motifs is 1. The minimum absolute atomic E-state index is 0.00170. The van der Waals surface area contributed by atoms with E-state index in [0.717, 1.165) is 36.2 Å². The Hall–Kier alpha value is -3.09. The number of hydrogen-bond donors (Lipinski definition) is 0. The molecule has 0 N–H and O–H groups in total.